The summed E-state index contributed by atoms with van der Waals surface area (Å²) in [6.07, 6.45) is 1.19. The van der Waals surface area contributed by atoms with Crippen LogP contribution in [-0.4, -0.2) is 20.7 Å². The number of amides is 1. The Labute approximate surface area is 132 Å². The quantitative estimate of drug-likeness (QED) is 0.806. The first-order chi connectivity index (χ1) is 11.0. The Bertz CT molecular complexity index is 865. The first kappa shape index (κ1) is 15.0. The highest BCUT2D eigenvalue weighted by Crippen LogP contribution is 2.25. The van der Waals surface area contributed by atoms with Gasteiger partial charge in [-0.1, -0.05) is 0 Å². The molecule has 1 aromatic carbocycles. The van der Waals surface area contributed by atoms with E-state index in [-0.39, 0.29) is 11.5 Å². The van der Waals surface area contributed by atoms with Crippen LogP contribution < -0.4 is 5.32 Å². The van der Waals surface area contributed by atoms with Gasteiger partial charge in [0.1, 0.15) is 5.82 Å². The highest BCUT2D eigenvalue weighted by molar-refractivity contribution is 6.06. The van der Waals surface area contributed by atoms with E-state index in [4.69, 9.17) is 4.42 Å². The lowest BCUT2D eigenvalue weighted by atomic mass is 10.1. The molecule has 6 nitrogen and oxygen atoms in total. The second kappa shape index (κ2) is 5.68. The van der Waals surface area contributed by atoms with Crippen LogP contribution in [0.25, 0.3) is 11.3 Å². The second-order valence-electron chi connectivity index (χ2n) is 5.16. The van der Waals surface area contributed by atoms with Crippen molar-refractivity contribution < 1.29 is 13.6 Å². The topological polar surface area (TPSA) is 73.0 Å². The van der Waals surface area contributed by atoms with Crippen molar-refractivity contribution in [1.29, 1.82) is 0 Å². The average Bonchev–Trinajstić information content (AvgIpc) is 3.09. The molecule has 1 amide bonds. The molecule has 1 N–H and O–H groups in total. The van der Waals surface area contributed by atoms with Gasteiger partial charge in [-0.15, -0.1) is 0 Å². The van der Waals surface area contributed by atoms with Gasteiger partial charge in [-0.2, -0.15) is 5.10 Å². The normalized spacial score (nSPS) is 10.8. The zero-order valence-corrected chi connectivity index (χ0v) is 12.9. The molecule has 118 valence electrons. The number of rotatable bonds is 3. The maximum atomic E-state index is 13.0. The Morgan fingerprint density at radius 1 is 1.26 bits per heavy atom. The van der Waals surface area contributed by atoms with Crippen molar-refractivity contribution >= 4 is 11.6 Å². The van der Waals surface area contributed by atoms with Crippen LogP contribution in [0.1, 0.15) is 21.9 Å². The highest BCUT2D eigenvalue weighted by atomic mass is 19.1. The van der Waals surface area contributed by atoms with Gasteiger partial charge in [0.25, 0.3) is 5.91 Å². The van der Waals surface area contributed by atoms with Crippen molar-refractivity contribution in [3.63, 3.8) is 0 Å². The smallest absolute Gasteiger partial charge is 0.278 e. The summed E-state index contributed by atoms with van der Waals surface area (Å²) in [5.74, 6) is -0.472. The third kappa shape index (κ3) is 2.73. The van der Waals surface area contributed by atoms with Crippen molar-refractivity contribution in [2.75, 3.05) is 5.32 Å². The molecule has 0 saturated heterocycles. The van der Waals surface area contributed by atoms with Crippen LogP contribution in [0.15, 0.2) is 35.1 Å². The zero-order chi connectivity index (χ0) is 16.6. The molecule has 2 aromatic heterocycles. The zero-order valence-electron chi connectivity index (χ0n) is 12.9. The van der Waals surface area contributed by atoms with Crippen LogP contribution in [0.3, 0.4) is 0 Å². The van der Waals surface area contributed by atoms with Crippen molar-refractivity contribution in [2.24, 2.45) is 7.05 Å². The molecule has 3 rings (SSSR count). The fourth-order valence-corrected chi connectivity index (χ4v) is 2.34. The Kier molecular flexibility index (Phi) is 3.69. The van der Waals surface area contributed by atoms with Gasteiger partial charge in [0.05, 0.1) is 17.1 Å². The molecular weight excluding hydrogens is 299 g/mol. The fourth-order valence-electron chi connectivity index (χ4n) is 2.34. The summed E-state index contributed by atoms with van der Waals surface area (Å²) in [5, 5.41) is 7.06. The molecule has 0 aliphatic heterocycles. The van der Waals surface area contributed by atoms with Gasteiger partial charge in [-0.25, -0.2) is 9.37 Å². The molecule has 0 aliphatic carbocycles. The van der Waals surface area contributed by atoms with Crippen LogP contribution in [0, 0.1) is 19.7 Å². The van der Waals surface area contributed by atoms with Gasteiger partial charge < -0.3 is 9.73 Å². The molecule has 0 saturated carbocycles. The summed E-state index contributed by atoms with van der Waals surface area (Å²) in [4.78, 5) is 16.5. The molecule has 0 atom stereocenters. The molecule has 0 unspecified atom stereocenters. The van der Waals surface area contributed by atoms with Gasteiger partial charge >= 0.3 is 0 Å². The fraction of sp³-hybridized carbons (Fsp3) is 0.188. The van der Waals surface area contributed by atoms with Gasteiger partial charge in [-0.05, 0) is 38.1 Å². The largest absolute Gasteiger partial charge is 0.443 e. The summed E-state index contributed by atoms with van der Waals surface area (Å²) in [7, 11) is 1.80. The van der Waals surface area contributed by atoms with E-state index in [1.54, 1.807) is 11.7 Å². The highest BCUT2D eigenvalue weighted by Gasteiger charge is 2.21. The van der Waals surface area contributed by atoms with Crippen molar-refractivity contribution in [2.45, 2.75) is 13.8 Å². The van der Waals surface area contributed by atoms with E-state index in [2.05, 4.69) is 15.4 Å². The SMILES string of the molecule is Cc1nn(C)c(C)c1NC(=O)c1ncoc1-c1ccc(F)cc1. The van der Waals surface area contributed by atoms with E-state index in [1.165, 1.54) is 30.7 Å². The van der Waals surface area contributed by atoms with E-state index in [1.807, 2.05) is 13.8 Å². The predicted molar refractivity (Wildman–Crippen MR) is 82.5 cm³/mol. The van der Waals surface area contributed by atoms with Gasteiger partial charge in [0, 0.05) is 12.6 Å². The molecule has 3 aromatic rings. The third-order valence-corrected chi connectivity index (χ3v) is 3.64. The lowest BCUT2D eigenvalue weighted by Gasteiger charge is -2.05. The number of halogens is 1. The maximum absolute atomic E-state index is 13.0. The number of carbonyl (C=O) groups is 1. The number of aromatic nitrogens is 3. The molecule has 0 bridgehead atoms. The van der Waals surface area contributed by atoms with Gasteiger partial charge in [0.2, 0.25) is 0 Å². The summed E-state index contributed by atoms with van der Waals surface area (Å²) in [6, 6.07) is 5.67. The monoisotopic (exact) mass is 314 g/mol. The number of benzene rings is 1. The lowest BCUT2D eigenvalue weighted by molar-refractivity contribution is 0.102. The maximum Gasteiger partial charge on any atom is 0.278 e. The summed E-state index contributed by atoms with van der Waals surface area (Å²) in [6.45, 7) is 3.67. The number of oxazole rings is 1. The number of anilines is 1. The van der Waals surface area contributed by atoms with E-state index in [9.17, 15) is 9.18 Å². The lowest BCUT2D eigenvalue weighted by Crippen LogP contribution is -2.14. The summed E-state index contributed by atoms with van der Waals surface area (Å²) in [5.41, 5.74) is 2.91. The van der Waals surface area contributed by atoms with Crippen LogP contribution in [0.4, 0.5) is 10.1 Å². The molecular formula is C16H15FN4O2. The van der Waals surface area contributed by atoms with E-state index in [0.717, 1.165) is 5.69 Å². The number of nitrogens with one attached hydrogen (secondary N) is 1. The minimum Gasteiger partial charge on any atom is -0.443 e. The molecule has 2 heterocycles. The first-order valence-electron chi connectivity index (χ1n) is 6.98. The van der Waals surface area contributed by atoms with Crippen molar-refractivity contribution in [3.8, 4) is 11.3 Å². The molecule has 7 heteroatoms. The Hall–Kier alpha value is -2.96. The summed E-state index contributed by atoms with van der Waals surface area (Å²) < 4.78 is 20.0. The van der Waals surface area contributed by atoms with Gasteiger partial charge in [-0.3, -0.25) is 9.48 Å². The van der Waals surface area contributed by atoms with E-state index >= 15 is 0 Å². The number of aryl methyl sites for hydroxylation is 2. The Balaban J connectivity index is 1.92. The average molecular weight is 314 g/mol. The standard InChI is InChI=1S/C16H15FN4O2/c1-9-13(10(2)21(3)20-9)19-16(22)14-15(23-8-18-14)11-4-6-12(17)7-5-11/h4-8H,1-3H3,(H,19,22). The molecule has 0 fully saturated rings. The Morgan fingerprint density at radius 2 is 1.96 bits per heavy atom. The van der Waals surface area contributed by atoms with E-state index < -0.39 is 5.91 Å². The molecule has 0 spiro atoms. The number of carbonyl (C=O) groups excluding carboxylic acids is 1. The molecule has 0 aliphatic rings. The number of nitrogens with zero attached hydrogens (tertiary/aromatic N) is 3. The molecule has 0 radical (unpaired) electrons. The second-order valence-corrected chi connectivity index (χ2v) is 5.16. The first-order valence-corrected chi connectivity index (χ1v) is 6.98. The third-order valence-electron chi connectivity index (χ3n) is 3.64. The van der Waals surface area contributed by atoms with Crippen LogP contribution in [0.2, 0.25) is 0 Å². The summed E-state index contributed by atoms with van der Waals surface area (Å²) >= 11 is 0. The van der Waals surface area contributed by atoms with Crippen molar-refractivity contribution in [3.05, 3.63) is 53.6 Å². The number of hydrogen-bond acceptors (Lipinski definition) is 4. The number of hydrogen-bond donors (Lipinski definition) is 1. The van der Waals surface area contributed by atoms with E-state index in [0.29, 0.717) is 22.7 Å². The molecule has 23 heavy (non-hydrogen) atoms. The minimum atomic E-state index is -0.405. The predicted octanol–water partition coefficient (Wildman–Crippen LogP) is 3.08. The van der Waals surface area contributed by atoms with Crippen LogP contribution in [0.5, 0.6) is 0 Å². The Morgan fingerprint density at radius 3 is 2.57 bits per heavy atom. The van der Waals surface area contributed by atoms with Crippen molar-refractivity contribution in [1.82, 2.24) is 14.8 Å². The van der Waals surface area contributed by atoms with Crippen LogP contribution >= 0.6 is 0 Å². The van der Waals surface area contributed by atoms with Gasteiger partial charge in [0.15, 0.2) is 17.8 Å². The van der Waals surface area contributed by atoms with Crippen LogP contribution in [-0.2, 0) is 7.05 Å². The minimum absolute atomic E-state index is 0.138.